The third-order valence-corrected chi connectivity index (χ3v) is 5.72. The summed E-state index contributed by atoms with van der Waals surface area (Å²) in [6.45, 7) is 8.40. The molecule has 0 aliphatic carbocycles. The van der Waals surface area contributed by atoms with Crippen molar-refractivity contribution in [3.8, 4) is 23.0 Å². The number of hydrogen-bond acceptors (Lipinski definition) is 8. The average Bonchev–Trinajstić information content (AvgIpc) is 3.21. The Morgan fingerprint density at radius 3 is 2.54 bits per heavy atom. The lowest BCUT2D eigenvalue weighted by Gasteiger charge is -2.35. The summed E-state index contributed by atoms with van der Waals surface area (Å²) in [5.41, 5.74) is 0.728. The van der Waals surface area contributed by atoms with Gasteiger partial charge >= 0.3 is 0 Å². The van der Waals surface area contributed by atoms with Gasteiger partial charge < -0.3 is 23.7 Å². The Labute approximate surface area is 169 Å². The standard InChI is InChI=1S/C19H26N4O4S/c1-5-22-8-10-23(11-9-22)18(24)13(2)28-19-21-20-17(27-19)14-6-7-15(25-3)16(12-14)26-4/h6-7,12-13H,5,8-11H2,1-4H3/t13-/m0/s1. The summed E-state index contributed by atoms with van der Waals surface area (Å²) in [6.07, 6.45) is 0. The number of methoxy groups -OCH3 is 2. The first-order valence-electron chi connectivity index (χ1n) is 9.29. The van der Waals surface area contributed by atoms with Gasteiger partial charge in [-0.1, -0.05) is 18.7 Å². The topological polar surface area (TPSA) is 80.9 Å². The van der Waals surface area contributed by atoms with Crippen LogP contribution in [-0.2, 0) is 4.79 Å². The zero-order valence-corrected chi connectivity index (χ0v) is 17.5. The van der Waals surface area contributed by atoms with E-state index < -0.39 is 0 Å². The van der Waals surface area contributed by atoms with Crippen LogP contribution >= 0.6 is 11.8 Å². The van der Waals surface area contributed by atoms with Crippen LogP contribution in [0.3, 0.4) is 0 Å². The number of carbonyl (C=O) groups is 1. The molecule has 28 heavy (non-hydrogen) atoms. The Bertz CT molecular complexity index is 805. The van der Waals surface area contributed by atoms with E-state index in [-0.39, 0.29) is 11.2 Å². The summed E-state index contributed by atoms with van der Waals surface area (Å²) < 4.78 is 16.3. The number of amides is 1. The molecule has 2 aromatic rings. The van der Waals surface area contributed by atoms with Crippen molar-refractivity contribution >= 4 is 17.7 Å². The fraction of sp³-hybridized carbons (Fsp3) is 0.526. The summed E-state index contributed by atoms with van der Waals surface area (Å²) in [6, 6.07) is 5.39. The minimum Gasteiger partial charge on any atom is -0.493 e. The second-order valence-corrected chi connectivity index (χ2v) is 7.75. The second-order valence-electron chi connectivity index (χ2n) is 6.46. The lowest BCUT2D eigenvalue weighted by atomic mass is 10.2. The van der Waals surface area contributed by atoms with E-state index in [1.807, 2.05) is 17.9 Å². The molecule has 1 saturated heterocycles. The minimum absolute atomic E-state index is 0.103. The summed E-state index contributed by atoms with van der Waals surface area (Å²) >= 11 is 1.28. The van der Waals surface area contributed by atoms with Crippen molar-refractivity contribution in [2.24, 2.45) is 0 Å². The second kappa shape index (κ2) is 9.29. The van der Waals surface area contributed by atoms with E-state index in [9.17, 15) is 4.79 Å². The predicted molar refractivity (Wildman–Crippen MR) is 107 cm³/mol. The summed E-state index contributed by atoms with van der Waals surface area (Å²) in [7, 11) is 3.16. The molecule has 1 aromatic carbocycles. The molecule has 0 N–H and O–H groups in total. The molecular formula is C19H26N4O4S. The summed E-state index contributed by atoms with van der Waals surface area (Å²) in [5, 5.41) is 8.26. The van der Waals surface area contributed by atoms with Crippen molar-refractivity contribution in [1.82, 2.24) is 20.0 Å². The van der Waals surface area contributed by atoms with Crippen LogP contribution in [0.15, 0.2) is 27.8 Å². The number of rotatable bonds is 7. The quantitative estimate of drug-likeness (QED) is 0.649. The molecule has 2 heterocycles. The highest BCUT2D eigenvalue weighted by atomic mass is 32.2. The normalized spacial score (nSPS) is 16.1. The van der Waals surface area contributed by atoms with Crippen LogP contribution in [0.1, 0.15) is 13.8 Å². The lowest BCUT2D eigenvalue weighted by molar-refractivity contribution is -0.132. The van der Waals surface area contributed by atoms with Gasteiger partial charge in [0.05, 0.1) is 19.5 Å². The van der Waals surface area contributed by atoms with E-state index in [1.54, 1.807) is 26.4 Å². The lowest BCUT2D eigenvalue weighted by Crippen LogP contribution is -2.50. The van der Waals surface area contributed by atoms with Crippen molar-refractivity contribution in [3.05, 3.63) is 18.2 Å². The van der Waals surface area contributed by atoms with E-state index in [4.69, 9.17) is 13.9 Å². The maximum absolute atomic E-state index is 12.7. The molecule has 0 radical (unpaired) electrons. The number of piperazine rings is 1. The van der Waals surface area contributed by atoms with Gasteiger partial charge in [-0.3, -0.25) is 4.79 Å². The van der Waals surface area contributed by atoms with Gasteiger partial charge in [-0.2, -0.15) is 0 Å². The zero-order chi connectivity index (χ0) is 20.1. The van der Waals surface area contributed by atoms with Crippen molar-refractivity contribution in [3.63, 3.8) is 0 Å². The maximum atomic E-state index is 12.7. The summed E-state index contributed by atoms with van der Waals surface area (Å²) in [4.78, 5) is 16.9. The molecule has 0 bridgehead atoms. The fourth-order valence-electron chi connectivity index (χ4n) is 3.09. The number of benzene rings is 1. The van der Waals surface area contributed by atoms with E-state index in [0.717, 1.165) is 38.3 Å². The maximum Gasteiger partial charge on any atom is 0.277 e. The molecule has 0 spiro atoms. The van der Waals surface area contributed by atoms with Crippen molar-refractivity contribution in [2.75, 3.05) is 46.9 Å². The van der Waals surface area contributed by atoms with Gasteiger partial charge in [0.15, 0.2) is 11.5 Å². The molecular weight excluding hydrogens is 380 g/mol. The Morgan fingerprint density at radius 2 is 1.89 bits per heavy atom. The van der Waals surface area contributed by atoms with E-state index >= 15 is 0 Å². The molecule has 152 valence electrons. The third kappa shape index (κ3) is 4.59. The molecule has 1 amide bonds. The van der Waals surface area contributed by atoms with Crippen LogP contribution in [0.2, 0.25) is 0 Å². The Balaban J connectivity index is 1.63. The number of likely N-dealkylation sites (N-methyl/N-ethyl adjacent to an activating group) is 1. The van der Waals surface area contributed by atoms with Gasteiger partial charge in [0.25, 0.3) is 5.22 Å². The Kier molecular flexibility index (Phi) is 6.79. The van der Waals surface area contributed by atoms with Crippen molar-refractivity contribution in [2.45, 2.75) is 24.3 Å². The number of hydrogen-bond donors (Lipinski definition) is 0. The molecule has 1 aliphatic rings. The minimum atomic E-state index is -0.285. The van der Waals surface area contributed by atoms with E-state index in [0.29, 0.717) is 22.6 Å². The molecule has 8 nitrogen and oxygen atoms in total. The highest BCUT2D eigenvalue weighted by molar-refractivity contribution is 8.00. The number of thioether (sulfide) groups is 1. The fourth-order valence-corrected chi connectivity index (χ4v) is 3.85. The van der Waals surface area contributed by atoms with Crippen molar-refractivity contribution in [1.29, 1.82) is 0 Å². The van der Waals surface area contributed by atoms with Gasteiger partial charge in [-0.25, -0.2) is 0 Å². The molecule has 1 atom stereocenters. The summed E-state index contributed by atoms with van der Waals surface area (Å²) in [5.74, 6) is 1.69. The molecule has 3 rings (SSSR count). The van der Waals surface area contributed by atoms with Gasteiger partial charge in [0.2, 0.25) is 11.8 Å². The molecule has 1 fully saturated rings. The van der Waals surface area contributed by atoms with E-state index in [2.05, 4.69) is 22.0 Å². The first-order valence-corrected chi connectivity index (χ1v) is 10.2. The van der Waals surface area contributed by atoms with Gasteiger partial charge in [-0.05, 0) is 31.7 Å². The van der Waals surface area contributed by atoms with Crippen molar-refractivity contribution < 1.29 is 18.7 Å². The highest BCUT2D eigenvalue weighted by Gasteiger charge is 2.26. The van der Waals surface area contributed by atoms with Crippen LogP contribution < -0.4 is 9.47 Å². The van der Waals surface area contributed by atoms with Crippen LogP contribution in [-0.4, -0.2) is 78.1 Å². The predicted octanol–water partition coefficient (Wildman–Crippen LogP) is 2.40. The smallest absolute Gasteiger partial charge is 0.277 e. The molecule has 0 unspecified atom stereocenters. The highest BCUT2D eigenvalue weighted by Crippen LogP contribution is 2.33. The number of aromatic nitrogens is 2. The molecule has 0 saturated carbocycles. The van der Waals surface area contributed by atoms with Gasteiger partial charge in [0.1, 0.15) is 0 Å². The van der Waals surface area contributed by atoms with Crippen LogP contribution in [0.25, 0.3) is 11.5 Å². The zero-order valence-electron chi connectivity index (χ0n) is 16.7. The number of carbonyl (C=O) groups excluding carboxylic acids is 1. The van der Waals surface area contributed by atoms with Crippen LogP contribution in [0.5, 0.6) is 11.5 Å². The van der Waals surface area contributed by atoms with Crippen LogP contribution in [0, 0.1) is 0 Å². The molecule has 1 aromatic heterocycles. The number of ether oxygens (including phenoxy) is 2. The molecule has 1 aliphatic heterocycles. The van der Waals surface area contributed by atoms with Crippen LogP contribution in [0.4, 0.5) is 0 Å². The third-order valence-electron chi connectivity index (χ3n) is 4.79. The number of nitrogens with zero attached hydrogens (tertiary/aromatic N) is 4. The SMILES string of the molecule is CCN1CCN(C(=O)[C@H](C)Sc2nnc(-c3ccc(OC)c(OC)c3)o2)CC1. The van der Waals surface area contributed by atoms with Gasteiger partial charge in [0, 0.05) is 31.7 Å². The monoisotopic (exact) mass is 406 g/mol. The molecule has 9 heteroatoms. The first kappa shape index (κ1) is 20.5. The average molecular weight is 407 g/mol. The van der Waals surface area contributed by atoms with E-state index in [1.165, 1.54) is 11.8 Å². The Hall–Kier alpha value is -2.26. The Morgan fingerprint density at radius 1 is 1.18 bits per heavy atom. The largest absolute Gasteiger partial charge is 0.493 e. The van der Waals surface area contributed by atoms with Gasteiger partial charge in [-0.15, -0.1) is 10.2 Å². The first-order chi connectivity index (χ1) is 13.5.